The number of phenolic OH excluding ortho intramolecular Hbond substituents is 1. The Bertz CT molecular complexity index is 1050. The highest BCUT2D eigenvalue weighted by atomic mass is 32.2. The van der Waals surface area contributed by atoms with Gasteiger partial charge in [-0.25, -0.2) is 23.0 Å². The summed E-state index contributed by atoms with van der Waals surface area (Å²) >= 11 is 0. The maximum absolute atomic E-state index is 14.6. The number of nitrogens with zero attached hydrogens (tertiary/aromatic N) is 2. The molecule has 0 bridgehead atoms. The number of phenols is 1. The third-order valence-corrected chi connectivity index (χ3v) is 6.16. The molecule has 12 nitrogen and oxygen atoms in total. The van der Waals surface area contributed by atoms with E-state index in [-0.39, 0.29) is 18.3 Å². The van der Waals surface area contributed by atoms with Crippen molar-refractivity contribution in [3.63, 3.8) is 0 Å². The lowest BCUT2D eigenvalue weighted by atomic mass is 10.1. The fraction of sp³-hybridized carbons (Fsp3) is 0.526. The zero-order valence-corrected chi connectivity index (χ0v) is 19.2. The maximum Gasteiger partial charge on any atom is 0.410 e. The predicted octanol–water partition coefficient (Wildman–Crippen LogP) is 1.23. The van der Waals surface area contributed by atoms with Crippen LogP contribution in [-0.2, 0) is 19.7 Å². The van der Waals surface area contributed by atoms with Gasteiger partial charge in [-0.05, 0) is 39.7 Å². The van der Waals surface area contributed by atoms with Crippen LogP contribution in [0.4, 0.5) is 25.4 Å². The normalized spacial score (nSPS) is 20.2. The molecule has 0 aliphatic carbocycles. The van der Waals surface area contributed by atoms with Crippen molar-refractivity contribution in [2.75, 3.05) is 29.3 Å². The van der Waals surface area contributed by atoms with Crippen LogP contribution in [0.25, 0.3) is 0 Å². The molecule has 2 heterocycles. The Labute approximate surface area is 190 Å². The smallest absolute Gasteiger partial charge is 0.410 e. The number of halogens is 1. The number of ether oxygens (including phenoxy) is 1. The summed E-state index contributed by atoms with van der Waals surface area (Å²) in [6.45, 7) is 5.30. The Hall–Kier alpha value is -3.29. The molecule has 3 rings (SSSR count). The van der Waals surface area contributed by atoms with Gasteiger partial charge in [0, 0.05) is 30.9 Å². The average molecular weight is 488 g/mol. The van der Waals surface area contributed by atoms with Gasteiger partial charge in [-0.1, -0.05) is 0 Å². The summed E-state index contributed by atoms with van der Waals surface area (Å²) in [7, 11) is -4.32. The van der Waals surface area contributed by atoms with Crippen LogP contribution in [-0.4, -0.2) is 67.7 Å². The Kier molecular flexibility index (Phi) is 6.58. The van der Waals surface area contributed by atoms with Crippen molar-refractivity contribution in [1.29, 1.82) is 0 Å². The zero-order chi connectivity index (χ0) is 24.6. The summed E-state index contributed by atoms with van der Waals surface area (Å²) in [5, 5.41) is 15.2. The van der Waals surface area contributed by atoms with E-state index >= 15 is 0 Å². The van der Waals surface area contributed by atoms with Crippen molar-refractivity contribution < 1.29 is 37.0 Å². The van der Waals surface area contributed by atoms with Crippen LogP contribution in [0.15, 0.2) is 12.1 Å². The molecule has 2 aliphatic heterocycles. The number of amides is 4. The van der Waals surface area contributed by atoms with Gasteiger partial charge < -0.3 is 25.4 Å². The summed E-state index contributed by atoms with van der Waals surface area (Å²) in [6.07, 6.45) is 0.770. The second kappa shape index (κ2) is 8.92. The molecule has 14 heteroatoms. The predicted molar refractivity (Wildman–Crippen MR) is 115 cm³/mol. The minimum absolute atomic E-state index is 0.137. The van der Waals surface area contributed by atoms with Crippen molar-refractivity contribution in [3.8, 4) is 5.75 Å². The minimum Gasteiger partial charge on any atom is -0.506 e. The molecular formula is C19H26FN5O7S. The number of anilines is 2. The summed E-state index contributed by atoms with van der Waals surface area (Å²) in [5.41, 5.74) is -1.49. The number of carbonyl (C=O) groups is 3. The van der Waals surface area contributed by atoms with E-state index in [1.807, 2.05) is 0 Å². The van der Waals surface area contributed by atoms with E-state index in [1.54, 1.807) is 25.5 Å². The number of rotatable bonds is 3. The third kappa shape index (κ3) is 5.94. The Morgan fingerprint density at radius 2 is 2.00 bits per heavy atom. The molecule has 1 unspecified atom stereocenters. The van der Waals surface area contributed by atoms with Gasteiger partial charge >= 0.3 is 22.3 Å². The van der Waals surface area contributed by atoms with Gasteiger partial charge in [0.05, 0.1) is 0 Å². The van der Waals surface area contributed by atoms with Gasteiger partial charge in [-0.2, -0.15) is 8.42 Å². The molecule has 0 spiro atoms. The minimum atomic E-state index is -4.32. The van der Waals surface area contributed by atoms with E-state index < -0.39 is 57.6 Å². The average Bonchev–Trinajstić information content (AvgIpc) is 2.91. The third-order valence-electron chi connectivity index (χ3n) is 4.78. The number of nitrogens with one attached hydrogen (secondary N) is 3. The molecule has 1 aromatic rings. The lowest BCUT2D eigenvalue weighted by Crippen LogP contribution is -2.51. The standard InChI is InChI=1S/C19H26FN5O7S/c1-19(2,3)32-18(29)24-6-4-5-11(9-24)21-17(28)22-12-7-13(20)16(14(26)8-12)25-10-15(27)23-33(25,30)31/h7-8,11,26H,4-6,9-10H2,1-3H3,(H,23,27)(H2,21,22,28). The van der Waals surface area contributed by atoms with Crippen LogP contribution in [0.5, 0.6) is 5.75 Å². The Morgan fingerprint density at radius 1 is 1.30 bits per heavy atom. The van der Waals surface area contributed by atoms with Crippen molar-refractivity contribution in [3.05, 3.63) is 17.9 Å². The number of benzene rings is 1. The van der Waals surface area contributed by atoms with E-state index in [0.29, 0.717) is 23.7 Å². The van der Waals surface area contributed by atoms with Gasteiger partial charge in [0.25, 0.3) is 5.91 Å². The zero-order valence-electron chi connectivity index (χ0n) is 18.3. The van der Waals surface area contributed by atoms with E-state index in [4.69, 9.17) is 4.74 Å². The topological polar surface area (TPSA) is 157 Å². The van der Waals surface area contributed by atoms with Gasteiger partial charge in [-0.15, -0.1) is 0 Å². The monoisotopic (exact) mass is 487 g/mol. The lowest BCUT2D eigenvalue weighted by Gasteiger charge is -2.34. The molecule has 4 N–H and O–H groups in total. The molecule has 0 aromatic heterocycles. The summed E-state index contributed by atoms with van der Waals surface area (Å²) in [5.74, 6) is -2.80. The highest BCUT2D eigenvalue weighted by Gasteiger charge is 2.37. The molecule has 4 amide bonds. The SMILES string of the molecule is CC(C)(C)OC(=O)N1CCCC(NC(=O)Nc2cc(O)c(N3CC(=O)NS3(=O)=O)c(F)c2)C1. The summed E-state index contributed by atoms with van der Waals surface area (Å²) < 4.78 is 45.8. The van der Waals surface area contributed by atoms with E-state index in [9.17, 15) is 32.3 Å². The molecule has 0 saturated carbocycles. The van der Waals surface area contributed by atoms with Crippen LogP contribution in [0, 0.1) is 5.82 Å². The van der Waals surface area contributed by atoms with Gasteiger partial charge in [0.15, 0.2) is 5.82 Å². The van der Waals surface area contributed by atoms with E-state index in [1.165, 1.54) is 4.90 Å². The van der Waals surface area contributed by atoms with E-state index in [0.717, 1.165) is 12.1 Å². The molecule has 1 atom stereocenters. The molecule has 2 saturated heterocycles. The Balaban J connectivity index is 1.64. The van der Waals surface area contributed by atoms with Crippen molar-refractivity contribution in [2.45, 2.75) is 45.3 Å². The van der Waals surface area contributed by atoms with Crippen LogP contribution in [0.1, 0.15) is 33.6 Å². The maximum atomic E-state index is 14.6. The van der Waals surface area contributed by atoms with Crippen molar-refractivity contribution in [2.24, 2.45) is 0 Å². The van der Waals surface area contributed by atoms with Crippen LogP contribution in [0.2, 0.25) is 0 Å². The number of aromatic hydroxyl groups is 1. The summed E-state index contributed by atoms with van der Waals surface area (Å²) in [6, 6.07) is 0.699. The van der Waals surface area contributed by atoms with Gasteiger partial charge in [-0.3, -0.25) is 4.79 Å². The molecule has 1 aromatic carbocycles. The lowest BCUT2D eigenvalue weighted by molar-refractivity contribution is -0.117. The second-order valence-electron chi connectivity index (χ2n) is 8.73. The van der Waals surface area contributed by atoms with Gasteiger partial charge in [0.1, 0.15) is 23.6 Å². The fourth-order valence-electron chi connectivity index (χ4n) is 3.49. The number of likely N-dealkylation sites (tertiary alicyclic amines) is 1. The summed E-state index contributed by atoms with van der Waals surface area (Å²) in [4.78, 5) is 37.5. The van der Waals surface area contributed by atoms with E-state index in [2.05, 4.69) is 10.6 Å². The quantitative estimate of drug-likeness (QED) is 0.499. The molecule has 2 fully saturated rings. The highest BCUT2D eigenvalue weighted by Crippen LogP contribution is 2.36. The first-order valence-electron chi connectivity index (χ1n) is 10.2. The van der Waals surface area contributed by atoms with Crippen LogP contribution >= 0.6 is 0 Å². The van der Waals surface area contributed by atoms with Crippen molar-refractivity contribution >= 4 is 39.6 Å². The highest BCUT2D eigenvalue weighted by molar-refractivity contribution is 7.92. The van der Waals surface area contributed by atoms with Crippen molar-refractivity contribution in [1.82, 2.24) is 14.9 Å². The number of hydrogen-bond donors (Lipinski definition) is 4. The number of hydrogen-bond acceptors (Lipinski definition) is 7. The van der Waals surface area contributed by atoms with Gasteiger partial charge in [0.2, 0.25) is 0 Å². The van der Waals surface area contributed by atoms with Crippen LogP contribution < -0.4 is 19.7 Å². The first-order valence-corrected chi connectivity index (χ1v) is 11.6. The molecule has 182 valence electrons. The molecule has 2 aliphatic rings. The number of carbonyl (C=O) groups excluding carboxylic acids is 3. The molecule has 0 radical (unpaired) electrons. The Morgan fingerprint density at radius 3 is 2.58 bits per heavy atom. The second-order valence-corrected chi connectivity index (χ2v) is 10.3. The fourth-order valence-corrected chi connectivity index (χ4v) is 4.66. The largest absolute Gasteiger partial charge is 0.506 e. The van der Waals surface area contributed by atoms with Crippen LogP contribution in [0.3, 0.4) is 0 Å². The molecular weight excluding hydrogens is 461 g/mol. The molecule has 33 heavy (non-hydrogen) atoms. The first kappa shape index (κ1) is 24.4. The number of urea groups is 1. The first-order chi connectivity index (χ1) is 15.2. The number of piperidine rings is 1.